The first kappa shape index (κ1) is 12.1. The molecule has 4 heteroatoms. The third kappa shape index (κ3) is 3.09. The van der Waals surface area contributed by atoms with E-state index in [1.807, 2.05) is 12.1 Å². The number of benzene rings is 1. The van der Waals surface area contributed by atoms with E-state index >= 15 is 0 Å². The molecule has 2 heterocycles. The molecule has 0 radical (unpaired) electrons. The van der Waals surface area contributed by atoms with Crippen molar-refractivity contribution in [1.29, 1.82) is 0 Å². The molecule has 0 fully saturated rings. The summed E-state index contributed by atoms with van der Waals surface area (Å²) < 4.78 is 16.1. The van der Waals surface area contributed by atoms with Crippen LogP contribution in [0.15, 0.2) is 41.2 Å². The summed E-state index contributed by atoms with van der Waals surface area (Å²) in [6.07, 6.45) is 4.42. The van der Waals surface area contributed by atoms with Crippen molar-refractivity contribution in [3.63, 3.8) is 0 Å². The van der Waals surface area contributed by atoms with Gasteiger partial charge in [0.1, 0.15) is 13.2 Å². The monoisotopic (exact) mass is 259 g/mol. The van der Waals surface area contributed by atoms with Gasteiger partial charge in [0.05, 0.1) is 12.5 Å². The van der Waals surface area contributed by atoms with Crippen molar-refractivity contribution in [2.45, 2.75) is 13.0 Å². The van der Waals surface area contributed by atoms with E-state index in [9.17, 15) is 0 Å². The van der Waals surface area contributed by atoms with Crippen molar-refractivity contribution in [2.75, 3.05) is 19.8 Å². The molecule has 100 valence electrons. The Bertz CT molecular complexity index is 522. The van der Waals surface area contributed by atoms with Crippen LogP contribution in [-0.4, -0.2) is 19.8 Å². The summed E-state index contributed by atoms with van der Waals surface area (Å²) in [6.45, 7) is 3.03. The van der Waals surface area contributed by atoms with E-state index in [1.54, 1.807) is 12.5 Å². The van der Waals surface area contributed by atoms with Crippen LogP contribution in [0.5, 0.6) is 11.5 Å². The van der Waals surface area contributed by atoms with Gasteiger partial charge in [0.15, 0.2) is 11.5 Å². The van der Waals surface area contributed by atoms with E-state index in [2.05, 4.69) is 17.4 Å². The fourth-order valence-corrected chi connectivity index (χ4v) is 2.10. The first-order valence-electron chi connectivity index (χ1n) is 6.52. The van der Waals surface area contributed by atoms with E-state index in [1.165, 1.54) is 11.1 Å². The Balaban J connectivity index is 1.50. The fraction of sp³-hybridized carbons (Fsp3) is 0.333. The number of hydrogen-bond donors (Lipinski definition) is 1. The SMILES string of the molecule is c1cc(CNCCc2ccc3c(c2)OCCO3)co1. The Morgan fingerprint density at radius 3 is 2.74 bits per heavy atom. The lowest BCUT2D eigenvalue weighted by Crippen LogP contribution is -2.17. The summed E-state index contributed by atoms with van der Waals surface area (Å²) in [6, 6.07) is 8.11. The topological polar surface area (TPSA) is 43.6 Å². The van der Waals surface area contributed by atoms with Crippen LogP contribution in [0.4, 0.5) is 0 Å². The molecule has 19 heavy (non-hydrogen) atoms. The Kier molecular flexibility index (Phi) is 3.70. The minimum Gasteiger partial charge on any atom is -0.486 e. The van der Waals surface area contributed by atoms with Crippen LogP contribution in [0, 0.1) is 0 Å². The summed E-state index contributed by atoms with van der Waals surface area (Å²) in [7, 11) is 0. The number of rotatable bonds is 5. The lowest BCUT2D eigenvalue weighted by molar-refractivity contribution is 0.171. The number of hydrogen-bond acceptors (Lipinski definition) is 4. The molecule has 0 saturated carbocycles. The van der Waals surface area contributed by atoms with E-state index in [4.69, 9.17) is 13.9 Å². The second kappa shape index (κ2) is 5.80. The van der Waals surface area contributed by atoms with Crippen molar-refractivity contribution >= 4 is 0 Å². The van der Waals surface area contributed by atoms with Crippen molar-refractivity contribution in [3.8, 4) is 11.5 Å². The molecule has 1 aliphatic rings. The second-order valence-electron chi connectivity index (χ2n) is 4.54. The highest BCUT2D eigenvalue weighted by Gasteiger charge is 2.11. The van der Waals surface area contributed by atoms with Gasteiger partial charge in [-0.25, -0.2) is 0 Å². The van der Waals surface area contributed by atoms with Crippen molar-refractivity contribution in [3.05, 3.63) is 47.9 Å². The molecule has 0 saturated heterocycles. The molecule has 0 spiro atoms. The number of nitrogens with one attached hydrogen (secondary N) is 1. The van der Waals surface area contributed by atoms with Gasteiger partial charge in [-0.1, -0.05) is 6.07 Å². The zero-order valence-corrected chi connectivity index (χ0v) is 10.7. The Morgan fingerprint density at radius 1 is 1.00 bits per heavy atom. The summed E-state index contributed by atoms with van der Waals surface area (Å²) in [4.78, 5) is 0. The average Bonchev–Trinajstić information content (AvgIpc) is 2.97. The third-order valence-corrected chi connectivity index (χ3v) is 3.11. The average molecular weight is 259 g/mol. The minimum atomic E-state index is 0.634. The predicted molar refractivity (Wildman–Crippen MR) is 71.6 cm³/mol. The maximum Gasteiger partial charge on any atom is 0.161 e. The normalized spacial score (nSPS) is 13.5. The van der Waals surface area contributed by atoms with Crippen LogP contribution in [-0.2, 0) is 13.0 Å². The number of furan rings is 1. The standard InChI is InChI=1S/C15H17NO3/c1-2-14-15(19-8-7-18-14)9-12(1)3-5-16-10-13-4-6-17-11-13/h1-2,4,6,9,11,16H,3,5,7-8,10H2. The number of ether oxygens (including phenoxy) is 2. The maximum atomic E-state index is 5.57. The van der Waals surface area contributed by atoms with Gasteiger partial charge in [-0.2, -0.15) is 0 Å². The molecule has 3 rings (SSSR count). The highest BCUT2D eigenvalue weighted by Crippen LogP contribution is 2.30. The second-order valence-corrected chi connectivity index (χ2v) is 4.54. The summed E-state index contributed by atoms with van der Waals surface area (Å²) >= 11 is 0. The Morgan fingerprint density at radius 2 is 1.89 bits per heavy atom. The highest BCUT2D eigenvalue weighted by atomic mass is 16.6. The lowest BCUT2D eigenvalue weighted by atomic mass is 10.1. The molecule has 1 aliphatic heterocycles. The largest absolute Gasteiger partial charge is 0.486 e. The fourth-order valence-electron chi connectivity index (χ4n) is 2.10. The molecule has 1 aromatic carbocycles. The first-order valence-corrected chi connectivity index (χ1v) is 6.52. The summed E-state index contributed by atoms with van der Waals surface area (Å²) in [5.41, 5.74) is 2.42. The molecular weight excluding hydrogens is 242 g/mol. The minimum absolute atomic E-state index is 0.634. The van der Waals surface area contributed by atoms with Crippen LogP contribution < -0.4 is 14.8 Å². The van der Waals surface area contributed by atoms with Gasteiger partial charge in [-0.15, -0.1) is 0 Å². The van der Waals surface area contributed by atoms with Crippen LogP contribution in [0.25, 0.3) is 0 Å². The van der Waals surface area contributed by atoms with E-state index in [0.717, 1.165) is 31.0 Å². The lowest BCUT2D eigenvalue weighted by Gasteiger charge is -2.18. The van der Waals surface area contributed by atoms with E-state index in [-0.39, 0.29) is 0 Å². The highest BCUT2D eigenvalue weighted by molar-refractivity contribution is 5.43. The van der Waals surface area contributed by atoms with Gasteiger partial charge >= 0.3 is 0 Å². The van der Waals surface area contributed by atoms with Crippen molar-refractivity contribution in [1.82, 2.24) is 5.32 Å². The zero-order valence-electron chi connectivity index (χ0n) is 10.7. The van der Waals surface area contributed by atoms with Crippen LogP contribution in [0.3, 0.4) is 0 Å². The van der Waals surface area contributed by atoms with E-state index in [0.29, 0.717) is 13.2 Å². The van der Waals surface area contributed by atoms with Gasteiger partial charge in [-0.3, -0.25) is 0 Å². The predicted octanol–water partition coefficient (Wildman–Crippen LogP) is 2.38. The van der Waals surface area contributed by atoms with Crippen LogP contribution in [0.1, 0.15) is 11.1 Å². The Hall–Kier alpha value is -1.94. The van der Waals surface area contributed by atoms with Gasteiger partial charge < -0.3 is 19.2 Å². The van der Waals surface area contributed by atoms with Crippen molar-refractivity contribution < 1.29 is 13.9 Å². The summed E-state index contributed by atoms with van der Waals surface area (Å²) in [5.74, 6) is 1.71. The molecule has 2 aromatic rings. The maximum absolute atomic E-state index is 5.57. The van der Waals surface area contributed by atoms with Gasteiger partial charge in [-0.05, 0) is 36.7 Å². The van der Waals surface area contributed by atoms with Crippen LogP contribution in [0.2, 0.25) is 0 Å². The first-order chi connectivity index (χ1) is 9.42. The van der Waals surface area contributed by atoms with Gasteiger partial charge in [0.25, 0.3) is 0 Å². The quantitative estimate of drug-likeness (QED) is 0.837. The Labute approximate surface area is 112 Å². The molecule has 0 amide bonds. The molecule has 4 nitrogen and oxygen atoms in total. The molecule has 0 atom stereocenters. The van der Waals surface area contributed by atoms with Gasteiger partial charge in [0.2, 0.25) is 0 Å². The molecule has 0 bridgehead atoms. The molecule has 0 unspecified atom stereocenters. The molecule has 1 aromatic heterocycles. The molecule has 1 N–H and O–H groups in total. The summed E-state index contributed by atoms with van der Waals surface area (Å²) in [5, 5.41) is 3.38. The van der Waals surface area contributed by atoms with E-state index < -0.39 is 0 Å². The van der Waals surface area contributed by atoms with Gasteiger partial charge in [0, 0.05) is 12.1 Å². The van der Waals surface area contributed by atoms with Crippen LogP contribution >= 0.6 is 0 Å². The molecular formula is C15H17NO3. The smallest absolute Gasteiger partial charge is 0.161 e. The molecule has 0 aliphatic carbocycles. The third-order valence-electron chi connectivity index (χ3n) is 3.11. The van der Waals surface area contributed by atoms with Crippen molar-refractivity contribution in [2.24, 2.45) is 0 Å². The number of fused-ring (bicyclic) bond motifs is 1. The zero-order chi connectivity index (χ0) is 12.9.